The lowest BCUT2D eigenvalue weighted by Gasteiger charge is -2.20. The molecule has 18 heavy (non-hydrogen) atoms. The number of hydrogen-bond acceptors (Lipinski definition) is 5. The molecule has 6 nitrogen and oxygen atoms in total. The highest BCUT2D eigenvalue weighted by molar-refractivity contribution is 7.99. The highest BCUT2D eigenvalue weighted by Gasteiger charge is 2.34. The first-order valence-corrected chi connectivity index (χ1v) is 6.55. The summed E-state index contributed by atoms with van der Waals surface area (Å²) in [5.41, 5.74) is 6.50. The topological polar surface area (TPSA) is 96.5 Å². The van der Waals surface area contributed by atoms with Crippen molar-refractivity contribution < 1.29 is 14.7 Å². The van der Waals surface area contributed by atoms with Gasteiger partial charge in [-0.2, -0.15) is 0 Å². The maximum absolute atomic E-state index is 12.2. The van der Waals surface area contributed by atoms with Crippen LogP contribution in [0.25, 0.3) is 0 Å². The van der Waals surface area contributed by atoms with Crippen LogP contribution in [-0.4, -0.2) is 44.5 Å². The number of nitrogens with zero attached hydrogens (tertiary/aromatic N) is 2. The van der Waals surface area contributed by atoms with Gasteiger partial charge in [0.05, 0.1) is 11.6 Å². The number of hydrogen-bond donors (Lipinski definition) is 2. The highest BCUT2D eigenvalue weighted by Crippen LogP contribution is 2.23. The summed E-state index contributed by atoms with van der Waals surface area (Å²) >= 11 is 1.44. The van der Waals surface area contributed by atoms with Crippen LogP contribution in [-0.2, 0) is 11.3 Å². The maximum Gasteiger partial charge on any atom is 0.327 e. The zero-order chi connectivity index (χ0) is 13.1. The number of thioether (sulfide) groups is 1. The molecule has 0 bridgehead atoms. The van der Waals surface area contributed by atoms with Crippen LogP contribution in [0.3, 0.4) is 0 Å². The molecule has 1 atom stereocenters. The molecule has 0 saturated carbocycles. The SMILES string of the molecule is NCc1cc(C(=O)N2CSC[C@H]2C(=O)O)ccn1. The van der Waals surface area contributed by atoms with Crippen molar-refractivity contribution in [3.63, 3.8) is 0 Å². The summed E-state index contributed by atoms with van der Waals surface area (Å²) in [6.07, 6.45) is 1.51. The molecule has 0 radical (unpaired) electrons. The van der Waals surface area contributed by atoms with Crippen molar-refractivity contribution in [2.24, 2.45) is 5.73 Å². The smallest absolute Gasteiger partial charge is 0.327 e. The first kappa shape index (κ1) is 12.8. The zero-order valence-corrected chi connectivity index (χ0v) is 10.4. The Morgan fingerprint density at radius 2 is 2.39 bits per heavy atom. The Morgan fingerprint density at radius 3 is 3.06 bits per heavy atom. The Balaban J connectivity index is 2.22. The van der Waals surface area contributed by atoms with E-state index in [-0.39, 0.29) is 12.5 Å². The van der Waals surface area contributed by atoms with Crippen LogP contribution in [0.2, 0.25) is 0 Å². The third kappa shape index (κ3) is 2.46. The molecule has 7 heteroatoms. The van der Waals surface area contributed by atoms with Crippen LogP contribution in [0.4, 0.5) is 0 Å². The van der Waals surface area contributed by atoms with Crippen molar-refractivity contribution in [2.75, 3.05) is 11.6 Å². The van der Waals surface area contributed by atoms with Gasteiger partial charge in [0.25, 0.3) is 5.91 Å². The minimum absolute atomic E-state index is 0.248. The predicted molar refractivity (Wildman–Crippen MR) is 67.0 cm³/mol. The Hall–Kier alpha value is -1.60. The molecule has 3 N–H and O–H groups in total. The average Bonchev–Trinajstić information content (AvgIpc) is 2.87. The van der Waals surface area contributed by atoms with Crippen LogP contribution in [0.15, 0.2) is 18.3 Å². The van der Waals surface area contributed by atoms with E-state index in [1.165, 1.54) is 22.9 Å². The standard InChI is InChI=1S/C11H13N3O3S/c12-4-8-3-7(1-2-13-8)10(15)14-6-18-5-9(14)11(16)17/h1-3,9H,4-6,12H2,(H,16,17)/t9-/m0/s1. The van der Waals surface area contributed by atoms with Crippen molar-refractivity contribution in [3.8, 4) is 0 Å². The molecule has 0 unspecified atom stereocenters. The van der Waals surface area contributed by atoms with Gasteiger partial charge in [-0.25, -0.2) is 4.79 Å². The van der Waals surface area contributed by atoms with Gasteiger partial charge in [-0.15, -0.1) is 11.8 Å². The van der Waals surface area contributed by atoms with E-state index in [9.17, 15) is 9.59 Å². The van der Waals surface area contributed by atoms with Gasteiger partial charge in [0, 0.05) is 24.1 Å². The van der Waals surface area contributed by atoms with Gasteiger partial charge in [-0.05, 0) is 12.1 Å². The number of rotatable bonds is 3. The molecular weight excluding hydrogens is 254 g/mol. The van der Waals surface area contributed by atoms with E-state index in [2.05, 4.69) is 4.98 Å². The molecule has 0 aliphatic carbocycles. The maximum atomic E-state index is 12.2. The number of aromatic nitrogens is 1. The minimum Gasteiger partial charge on any atom is -0.480 e. The van der Waals surface area contributed by atoms with E-state index in [1.807, 2.05) is 0 Å². The van der Waals surface area contributed by atoms with Gasteiger partial charge in [0.1, 0.15) is 6.04 Å². The second-order valence-electron chi connectivity index (χ2n) is 3.87. The molecule has 96 valence electrons. The normalized spacial score (nSPS) is 18.9. The van der Waals surface area contributed by atoms with Gasteiger partial charge in [0.2, 0.25) is 0 Å². The summed E-state index contributed by atoms with van der Waals surface area (Å²) in [6, 6.07) is 2.42. The quantitative estimate of drug-likeness (QED) is 0.808. The summed E-state index contributed by atoms with van der Waals surface area (Å²) in [6.45, 7) is 0.248. The van der Waals surface area contributed by atoms with Gasteiger partial charge >= 0.3 is 5.97 Å². The molecular formula is C11H13N3O3S. The second kappa shape index (κ2) is 5.36. The third-order valence-electron chi connectivity index (χ3n) is 2.70. The number of nitrogens with two attached hydrogens (primary N) is 1. The number of carboxylic acids is 1. The van der Waals surface area contributed by atoms with E-state index in [1.54, 1.807) is 12.1 Å². The number of pyridine rings is 1. The Bertz CT molecular complexity index is 480. The monoisotopic (exact) mass is 267 g/mol. The van der Waals surface area contributed by atoms with E-state index >= 15 is 0 Å². The molecule has 2 heterocycles. The van der Waals surface area contributed by atoms with E-state index in [0.29, 0.717) is 22.9 Å². The minimum atomic E-state index is -0.971. The van der Waals surface area contributed by atoms with Crippen LogP contribution < -0.4 is 5.73 Å². The Morgan fingerprint density at radius 1 is 1.61 bits per heavy atom. The van der Waals surface area contributed by atoms with E-state index < -0.39 is 12.0 Å². The van der Waals surface area contributed by atoms with Crippen molar-refractivity contribution >= 4 is 23.6 Å². The second-order valence-corrected chi connectivity index (χ2v) is 4.87. The highest BCUT2D eigenvalue weighted by atomic mass is 32.2. The van der Waals surface area contributed by atoms with Gasteiger partial charge < -0.3 is 15.7 Å². The third-order valence-corrected chi connectivity index (χ3v) is 3.71. The largest absolute Gasteiger partial charge is 0.480 e. The van der Waals surface area contributed by atoms with Crippen LogP contribution in [0, 0.1) is 0 Å². The number of amides is 1. The van der Waals surface area contributed by atoms with Crippen molar-refractivity contribution in [1.82, 2.24) is 9.88 Å². The Kier molecular flexibility index (Phi) is 3.83. The summed E-state index contributed by atoms with van der Waals surface area (Å²) in [5.74, 6) is -0.433. The molecule has 1 aromatic heterocycles. The fourth-order valence-electron chi connectivity index (χ4n) is 1.74. The van der Waals surface area contributed by atoms with Crippen LogP contribution >= 0.6 is 11.8 Å². The fourth-order valence-corrected chi connectivity index (χ4v) is 2.88. The molecule has 1 fully saturated rings. The summed E-state index contributed by atoms with van der Waals surface area (Å²) in [4.78, 5) is 28.6. The molecule has 1 saturated heterocycles. The molecule has 1 aromatic rings. The van der Waals surface area contributed by atoms with E-state index in [0.717, 1.165) is 0 Å². The lowest BCUT2D eigenvalue weighted by atomic mass is 10.2. The van der Waals surface area contributed by atoms with E-state index in [4.69, 9.17) is 10.8 Å². The fraction of sp³-hybridized carbons (Fsp3) is 0.364. The average molecular weight is 267 g/mol. The number of carboxylic acid groups (broad SMARTS) is 1. The molecule has 0 aromatic carbocycles. The van der Waals surface area contributed by atoms with Gasteiger partial charge in [0.15, 0.2) is 0 Å². The lowest BCUT2D eigenvalue weighted by molar-refractivity contribution is -0.140. The van der Waals surface area contributed by atoms with Gasteiger partial charge in [-0.3, -0.25) is 9.78 Å². The molecule has 1 aliphatic rings. The van der Waals surface area contributed by atoms with Crippen LogP contribution in [0.5, 0.6) is 0 Å². The van der Waals surface area contributed by atoms with Crippen LogP contribution in [0.1, 0.15) is 16.1 Å². The van der Waals surface area contributed by atoms with Crippen molar-refractivity contribution in [3.05, 3.63) is 29.6 Å². The molecule has 0 spiro atoms. The summed E-state index contributed by atoms with van der Waals surface area (Å²) in [5, 5.41) is 9.04. The van der Waals surface area contributed by atoms with Crippen molar-refractivity contribution in [1.29, 1.82) is 0 Å². The van der Waals surface area contributed by atoms with Crippen molar-refractivity contribution in [2.45, 2.75) is 12.6 Å². The number of aliphatic carboxylic acids is 1. The Labute approximate surface area is 108 Å². The zero-order valence-electron chi connectivity index (χ0n) is 9.57. The molecule has 2 rings (SSSR count). The predicted octanol–water partition coefficient (Wildman–Crippen LogP) is 0.140. The molecule has 1 amide bonds. The number of carbonyl (C=O) groups is 2. The number of carbonyl (C=O) groups excluding carboxylic acids is 1. The summed E-state index contributed by atoms with van der Waals surface area (Å²) < 4.78 is 0. The molecule has 1 aliphatic heterocycles. The summed E-state index contributed by atoms with van der Waals surface area (Å²) in [7, 11) is 0. The first-order chi connectivity index (χ1) is 8.63. The van der Waals surface area contributed by atoms with Gasteiger partial charge in [-0.1, -0.05) is 0 Å². The lowest BCUT2D eigenvalue weighted by Crippen LogP contribution is -2.41. The first-order valence-electron chi connectivity index (χ1n) is 5.40.